The Hall–Kier alpha value is -6.07. The first-order valence-corrected chi connectivity index (χ1v) is 15.5. The van der Waals surface area contributed by atoms with E-state index in [1.54, 1.807) is 7.05 Å². The Kier molecular flexibility index (Phi) is 7.37. The molecule has 0 heterocycles. The van der Waals surface area contributed by atoms with Crippen molar-refractivity contribution in [2.75, 3.05) is 7.05 Å². The minimum atomic E-state index is -0.747. The Balaban J connectivity index is 1.44. The van der Waals surface area contributed by atoms with Crippen molar-refractivity contribution in [2.24, 2.45) is 4.99 Å². The van der Waals surface area contributed by atoms with Crippen LogP contribution in [-0.4, -0.2) is 33.2 Å². The summed E-state index contributed by atoms with van der Waals surface area (Å²) in [7, 11) is 1.81. The van der Waals surface area contributed by atoms with Gasteiger partial charge in [-0.05, 0) is 67.4 Å². The molecule has 0 amide bonds. The van der Waals surface area contributed by atoms with E-state index in [1.807, 2.05) is 73.7 Å². The minimum absolute atomic E-state index is 0.300. The van der Waals surface area contributed by atoms with Crippen molar-refractivity contribution in [3.8, 4) is 45.3 Å². The monoisotopic (exact) mass is 615 g/mol. The van der Waals surface area contributed by atoms with E-state index in [0.717, 1.165) is 66.2 Å². The molecule has 6 aromatic rings. The molecule has 6 aromatic carbocycles. The van der Waals surface area contributed by atoms with Crippen molar-refractivity contribution >= 4 is 38.4 Å². The number of hydrogen-bond donors (Lipinski definition) is 4. The van der Waals surface area contributed by atoms with E-state index in [9.17, 15) is 20.4 Å². The third kappa shape index (κ3) is 4.75. The molecular formula is C42H33NO4. The molecule has 0 unspecified atom stereocenters. The van der Waals surface area contributed by atoms with Crippen molar-refractivity contribution in [1.29, 1.82) is 0 Å². The number of nitrogens with zero attached hydrogens (tertiary/aromatic N) is 1. The third-order valence-corrected chi connectivity index (χ3v) is 9.09. The lowest BCUT2D eigenvalue weighted by atomic mass is 9.83. The normalized spacial score (nSPS) is 15.7. The maximum absolute atomic E-state index is 11.2. The van der Waals surface area contributed by atoms with Gasteiger partial charge in [-0.15, -0.1) is 0 Å². The molecule has 7 rings (SSSR count). The second-order valence-corrected chi connectivity index (χ2v) is 11.6. The molecule has 0 aliphatic heterocycles. The van der Waals surface area contributed by atoms with Crippen molar-refractivity contribution in [1.82, 2.24) is 0 Å². The van der Waals surface area contributed by atoms with Crippen LogP contribution in [0.2, 0.25) is 0 Å². The fraction of sp³-hybridized carbons (Fsp3) is 0.0714. The zero-order chi connectivity index (χ0) is 32.8. The molecule has 0 saturated heterocycles. The average molecular weight is 616 g/mol. The summed E-state index contributed by atoms with van der Waals surface area (Å²) in [4.78, 5) is 4.60. The Morgan fingerprint density at radius 2 is 1.06 bits per heavy atom. The fourth-order valence-corrected chi connectivity index (χ4v) is 6.80. The number of aromatic hydroxyl groups is 4. The Morgan fingerprint density at radius 3 is 1.64 bits per heavy atom. The lowest BCUT2D eigenvalue weighted by Crippen LogP contribution is -2.04. The largest absolute Gasteiger partial charge is 0.504 e. The van der Waals surface area contributed by atoms with Crippen LogP contribution in [0.4, 0.5) is 0 Å². The molecule has 5 nitrogen and oxygen atoms in total. The molecule has 1 aliphatic rings. The zero-order valence-corrected chi connectivity index (χ0v) is 26.1. The Bertz CT molecular complexity index is 2290. The second-order valence-electron chi connectivity index (χ2n) is 11.6. The van der Waals surface area contributed by atoms with E-state index in [1.165, 1.54) is 0 Å². The van der Waals surface area contributed by atoms with Crippen LogP contribution in [0.25, 0.3) is 54.9 Å². The average Bonchev–Trinajstić information content (AvgIpc) is 3.11. The van der Waals surface area contributed by atoms with Gasteiger partial charge in [0, 0.05) is 29.3 Å². The van der Waals surface area contributed by atoms with Crippen LogP contribution in [-0.2, 0) is 6.42 Å². The van der Waals surface area contributed by atoms with E-state index < -0.39 is 23.0 Å². The van der Waals surface area contributed by atoms with Crippen molar-refractivity contribution < 1.29 is 20.4 Å². The van der Waals surface area contributed by atoms with Gasteiger partial charge in [0.25, 0.3) is 0 Å². The first kappa shape index (κ1) is 29.6. The van der Waals surface area contributed by atoms with Gasteiger partial charge in [-0.3, -0.25) is 4.99 Å². The molecule has 0 fully saturated rings. The van der Waals surface area contributed by atoms with E-state index >= 15 is 0 Å². The number of aliphatic imine (C=N–C) groups is 1. The summed E-state index contributed by atoms with van der Waals surface area (Å²) in [6, 6.07) is 32.5. The molecule has 230 valence electrons. The fourth-order valence-electron chi connectivity index (χ4n) is 6.80. The van der Waals surface area contributed by atoms with E-state index in [2.05, 4.69) is 60.1 Å². The van der Waals surface area contributed by atoms with Crippen LogP contribution < -0.4 is 0 Å². The summed E-state index contributed by atoms with van der Waals surface area (Å²) in [5.74, 6) is -2.38. The molecule has 47 heavy (non-hydrogen) atoms. The summed E-state index contributed by atoms with van der Waals surface area (Å²) in [5, 5.41) is 46.6. The summed E-state index contributed by atoms with van der Waals surface area (Å²) in [5.41, 5.74) is 9.35. The topological polar surface area (TPSA) is 93.3 Å². The zero-order valence-electron chi connectivity index (χ0n) is 26.1. The van der Waals surface area contributed by atoms with Gasteiger partial charge in [-0.2, -0.15) is 0 Å². The summed E-state index contributed by atoms with van der Waals surface area (Å²) in [6.45, 7) is 6.13. The summed E-state index contributed by atoms with van der Waals surface area (Å²) >= 11 is 0. The van der Waals surface area contributed by atoms with E-state index in [0.29, 0.717) is 23.1 Å². The Labute approximate surface area is 273 Å². The molecule has 0 radical (unpaired) electrons. The predicted octanol–water partition coefficient (Wildman–Crippen LogP) is 9.80. The van der Waals surface area contributed by atoms with Gasteiger partial charge in [-0.1, -0.05) is 123 Å². The van der Waals surface area contributed by atoms with Crippen LogP contribution in [0, 0.1) is 0 Å². The van der Waals surface area contributed by atoms with Crippen LogP contribution in [0.15, 0.2) is 127 Å². The molecule has 0 aromatic heterocycles. The van der Waals surface area contributed by atoms with Crippen LogP contribution in [0.3, 0.4) is 0 Å². The number of phenolic OH excluding ortho intramolecular Hbond substituents is 4. The SMILES string of the molecule is C=C1/C=C\C(c2ccc(-c3c4ccccc4c(-c4c(O)c(O)c(O)c(O)c4CC)c4ccccc34)cc2)=C/C(=NC)c2ccccc21. The van der Waals surface area contributed by atoms with E-state index in [-0.39, 0.29) is 0 Å². The number of phenols is 4. The molecular weight excluding hydrogens is 582 g/mol. The molecule has 5 heteroatoms. The maximum Gasteiger partial charge on any atom is 0.204 e. The number of hydrogen-bond acceptors (Lipinski definition) is 5. The Morgan fingerprint density at radius 1 is 0.553 bits per heavy atom. The van der Waals surface area contributed by atoms with Crippen molar-refractivity contribution in [2.45, 2.75) is 13.3 Å². The highest BCUT2D eigenvalue weighted by atomic mass is 16.3. The van der Waals surface area contributed by atoms with Gasteiger partial charge in [0.15, 0.2) is 11.5 Å². The number of fused-ring (bicyclic) bond motifs is 3. The summed E-state index contributed by atoms with van der Waals surface area (Å²) < 4.78 is 0. The minimum Gasteiger partial charge on any atom is -0.504 e. The summed E-state index contributed by atoms with van der Waals surface area (Å²) in [6.07, 6.45) is 6.56. The van der Waals surface area contributed by atoms with Crippen molar-refractivity contribution in [3.63, 3.8) is 0 Å². The lowest BCUT2D eigenvalue weighted by molar-refractivity contribution is 0.344. The first-order chi connectivity index (χ1) is 22.8. The molecule has 0 spiro atoms. The van der Waals surface area contributed by atoms with Gasteiger partial charge in [0.1, 0.15) is 0 Å². The highest BCUT2D eigenvalue weighted by Gasteiger charge is 2.27. The third-order valence-electron chi connectivity index (χ3n) is 9.09. The number of allylic oxidation sites excluding steroid dienone is 5. The lowest BCUT2D eigenvalue weighted by Gasteiger charge is -2.21. The molecule has 0 bridgehead atoms. The first-order valence-electron chi connectivity index (χ1n) is 15.5. The van der Waals surface area contributed by atoms with Crippen molar-refractivity contribution in [3.05, 3.63) is 144 Å². The van der Waals surface area contributed by atoms with Gasteiger partial charge in [-0.25, -0.2) is 0 Å². The number of rotatable bonds is 4. The van der Waals surface area contributed by atoms with Crippen LogP contribution in [0.5, 0.6) is 23.0 Å². The smallest absolute Gasteiger partial charge is 0.204 e. The van der Waals surface area contributed by atoms with Gasteiger partial charge >= 0.3 is 0 Å². The van der Waals surface area contributed by atoms with Gasteiger partial charge < -0.3 is 20.4 Å². The number of benzene rings is 6. The van der Waals surface area contributed by atoms with Gasteiger partial charge in [0.05, 0.1) is 5.71 Å². The highest BCUT2D eigenvalue weighted by molar-refractivity contribution is 6.22. The predicted molar refractivity (Wildman–Crippen MR) is 193 cm³/mol. The second kappa shape index (κ2) is 11.7. The molecule has 0 atom stereocenters. The maximum atomic E-state index is 11.2. The van der Waals surface area contributed by atoms with Crippen LogP contribution >= 0.6 is 0 Å². The highest BCUT2D eigenvalue weighted by Crippen LogP contribution is 2.55. The van der Waals surface area contributed by atoms with E-state index in [4.69, 9.17) is 0 Å². The molecule has 0 saturated carbocycles. The van der Waals surface area contributed by atoms with Gasteiger partial charge in [0.2, 0.25) is 11.5 Å². The molecule has 4 N–H and O–H groups in total. The molecule has 1 aliphatic carbocycles. The standard InChI is InChI=1S/C42H33NO4/c1-4-28-38(40(45)42(47)41(46)39(28)44)37-33-15-9-7-13-31(33)36(32-14-8-10-16-34(32)37)26-21-19-25(20-22-26)27-18-17-24(2)29-11-5-6-12-30(29)35(23-27)43-3/h5-23,44-47H,2,4H2,1,3H3/b18-17-,27-23+,43-35?. The quantitative estimate of drug-likeness (QED) is 0.0902. The van der Waals surface area contributed by atoms with Crippen LogP contribution in [0.1, 0.15) is 29.2 Å².